The van der Waals surface area contributed by atoms with E-state index in [0.29, 0.717) is 4.34 Å². The summed E-state index contributed by atoms with van der Waals surface area (Å²) in [6.07, 6.45) is 0.463. The zero-order valence-corrected chi connectivity index (χ0v) is 11.1. The molecular weight excluding hydrogens is 288 g/mol. The first-order valence-electron chi connectivity index (χ1n) is 4.53. The number of halogens is 1. The lowest BCUT2D eigenvalue weighted by molar-refractivity contribution is 0.182. The molecule has 2 heterocycles. The van der Waals surface area contributed by atoms with E-state index < -0.39 is 23.4 Å². The molecule has 2 amide bonds. The van der Waals surface area contributed by atoms with Gasteiger partial charge in [-0.1, -0.05) is 5.10 Å². The molecule has 1 saturated heterocycles. The molecule has 7 nitrogen and oxygen atoms in total. The number of anilines is 1. The van der Waals surface area contributed by atoms with Crippen molar-refractivity contribution >= 4 is 45.3 Å². The summed E-state index contributed by atoms with van der Waals surface area (Å²) in [5.74, 6) is 0. The van der Waals surface area contributed by atoms with Gasteiger partial charge in [0.25, 0.3) is 0 Å². The Morgan fingerprint density at radius 1 is 1.71 bits per heavy atom. The van der Waals surface area contributed by atoms with Crippen LogP contribution in [0.5, 0.6) is 0 Å². The summed E-state index contributed by atoms with van der Waals surface area (Å²) in [6.45, 7) is 0.118. The summed E-state index contributed by atoms with van der Waals surface area (Å²) in [6, 6.07) is -0.435. The van der Waals surface area contributed by atoms with E-state index in [1.54, 1.807) is 0 Å². The maximum atomic E-state index is 11.8. The molecule has 1 fully saturated rings. The second-order valence-electron chi connectivity index (χ2n) is 3.28. The van der Waals surface area contributed by atoms with E-state index >= 15 is 0 Å². The molecule has 2 unspecified atom stereocenters. The van der Waals surface area contributed by atoms with E-state index in [1.807, 2.05) is 0 Å². The summed E-state index contributed by atoms with van der Waals surface area (Å²) in [4.78, 5) is 14.2. The number of aromatic nitrogens is 2. The van der Waals surface area contributed by atoms with Crippen molar-refractivity contribution < 1.29 is 14.5 Å². The SMILES string of the molecule is C[S+]([O-])c1nnc(N2C(=O)N(CCl)CC2O)s1. The van der Waals surface area contributed by atoms with Crippen LogP contribution in [0.15, 0.2) is 4.34 Å². The number of amides is 2. The van der Waals surface area contributed by atoms with Crippen LogP contribution in [0.25, 0.3) is 0 Å². The number of rotatable bonds is 3. The minimum Gasteiger partial charge on any atom is -0.610 e. The summed E-state index contributed by atoms with van der Waals surface area (Å²) in [5.41, 5.74) is 0. The third-order valence-electron chi connectivity index (χ3n) is 2.15. The van der Waals surface area contributed by atoms with Crippen molar-refractivity contribution in [3.05, 3.63) is 0 Å². The first-order valence-corrected chi connectivity index (χ1v) is 7.44. The summed E-state index contributed by atoms with van der Waals surface area (Å²) < 4.78 is 11.5. The number of aliphatic hydroxyl groups excluding tert-OH is 1. The molecule has 17 heavy (non-hydrogen) atoms. The van der Waals surface area contributed by atoms with Gasteiger partial charge in [-0.3, -0.25) is 0 Å². The van der Waals surface area contributed by atoms with Gasteiger partial charge in [0.1, 0.15) is 6.26 Å². The minimum atomic E-state index is -1.26. The monoisotopic (exact) mass is 296 g/mol. The fraction of sp³-hybridized carbons (Fsp3) is 0.571. The second-order valence-corrected chi connectivity index (χ2v) is 6.03. The van der Waals surface area contributed by atoms with Crippen LogP contribution in [0.3, 0.4) is 0 Å². The number of carbonyl (C=O) groups is 1. The molecule has 2 rings (SSSR count). The molecule has 10 heteroatoms. The van der Waals surface area contributed by atoms with Gasteiger partial charge in [0.15, 0.2) is 6.23 Å². The minimum absolute atomic E-state index is 0.00222. The molecule has 2 atom stereocenters. The Bertz CT molecular complexity index is 429. The van der Waals surface area contributed by atoms with Crippen LogP contribution in [0, 0.1) is 0 Å². The molecule has 0 spiro atoms. The largest absolute Gasteiger partial charge is 0.610 e. The number of β-amino-alcohol motifs (C(OH)–C–C–N with tert-alkyl or cyclic N) is 1. The first kappa shape index (κ1) is 12.8. The fourth-order valence-electron chi connectivity index (χ4n) is 1.36. The lowest BCUT2D eigenvalue weighted by atomic mass is 10.5. The average molecular weight is 297 g/mol. The second kappa shape index (κ2) is 4.94. The Labute approximate surface area is 109 Å². The smallest absolute Gasteiger partial charge is 0.329 e. The molecule has 1 aliphatic heterocycles. The van der Waals surface area contributed by atoms with Crippen LogP contribution in [-0.4, -0.2) is 55.8 Å². The van der Waals surface area contributed by atoms with E-state index in [2.05, 4.69) is 10.2 Å². The highest BCUT2D eigenvalue weighted by molar-refractivity contribution is 7.92. The van der Waals surface area contributed by atoms with Crippen molar-refractivity contribution in [3.63, 3.8) is 0 Å². The normalized spacial score (nSPS) is 22.4. The number of aliphatic hydroxyl groups is 1. The van der Waals surface area contributed by atoms with Crippen LogP contribution >= 0.6 is 22.9 Å². The van der Waals surface area contributed by atoms with Gasteiger partial charge in [-0.2, -0.15) is 0 Å². The van der Waals surface area contributed by atoms with Crippen molar-refractivity contribution in [2.45, 2.75) is 10.6 Å². The van der Waals surface area contributed by atoms with Crippen molar-refractivity contribution in [1.29, 1.82) is 0 Å². The Balaban J connectivity index is 2.24. The van der Waals surface area contributed by atoms with E-state index in [9.17, 15) is 14.5 Å². The molecule has 0 radical (unpaired) electrons. The fourth-order valence-corrected chi connectivity index (χ4v) is 3.03. The molecule has 1 aromatic heterocycles. The third kappa shape index (κ3) is 2.33. The van der Waals surface area contributed by atoms with Crippen molar-refractivity contribution in [2.75, 3.05) is 23.7 Å². The molecule has 0 aromatic carbocycles. The maximum Gasteiger partial charge on any atom is 0.329 e. The molecule has 1 N–H and O–H groups in total. The first-order chi connectivity index (χ1) is 8.04. The number of alkyl halides is 1. The maximum absolute atomic E-state index is 11.8. The third-order valence-corrected chi connectivity index (χ3v) is 4.68. The van der Waals surface area contributed by atoms with Gasteiger partial charge in [0.2, 0.25) is 5.13 Å². The number of hydrogen-bond donors (Lipinski definition) is 1. The Morgan fingerprint density at radius 3 is 2.88 bits per heavy atom. The number of carbonyl (C=O) groups excluding carboxylic acids is 1. The lowest BCUT2D eigenvalue weighted by Gasteiger charge is -2.14. The Morgan fingerprint density at radius 2 is 2.41 bits per heavy atom. The van der Waals surface area contributed by atoms with Crippen LogP contribution in [0.4, 0.5) is 9.93 Å². The predicted octanol–water partition coefficient (Wildman–Crippen LogP) is 0.0322. The number of nitrogens with zero attached hydrogens (tertiary/aromatic N) is 4. The molecule has 94 valence electrons. The lowest BCUT2D eigenvalue weighted by Crippen LogP contribution is -2.34. The van der Waals surface area contributed by atoms with Gasteiger partial charge in [0, 0.05) is 11.2 Å². The van der Waals surface area contributed by atoms with Crippen LogP contribution < -0.4 is 4.90 Å². The highest BCUT2D eigenvalue weighted by atomic mass is 35.5. The van der Waals surface area contributed by atoms with Gasteiger partial charge in [-0.15, -0.1) is 16.7 Å². The van der Waals surface area contributed by atoms with Gasteiger partial charge in [0.05, 0.1) is 12.5 Å². The average Bonchev–Trinajstić information content (AvgIpc) is 2.83. The van der Waals surface area contributed by atoms with E-state index in [4.69, 9.17) is 11.6 Å². The van der Waals surface area contributed by atoms with Gasteiger partial charge >= 0.3 is 10.4 Å². The molecule has 0 saturated carbocycles. The molecule has 0 aliphatic carbocycles. The van der Waals surface area contributed by atoms with Crippen LogP contribution in [-0.2, 0) is 11.2 Å². The molecular formula is C7H9ClN4O3S2. The topological polar surface area (TPSA) is 92.6 Å². The molecule has 1 aromatic rings. The quantitative estimate of drug-likeness (QED) is 0.368. The van der Waals surface area contributed by atoms with Crippen molar-refractivity contribution in [2.24, 2.45) is 0 Å². The summed E-state index contributed by atoms with van der Waals surface area (Å²) in [5, 5.41) is 17.4. The van der Waals surface area contributed by atoms with E-state index in [-0.39, 0.29) is 17.7 Å². The Hall–Kier alpha value is -0.610. The van der Waals surface area contributed by atoms with E-state index in [0.717, 1.165) is 16.2 Å². The Kier molecular flexibility index (Phi) is 3.73. The van der Waals surface area contributed by atoms with Crippen LogP contribution in [0.1, 0.15) is 0 Å². The summed E-state index contributed by atoms with van der Waals surface area (Å²) in [7, 11) is 0. The predicted molar refractivity (Wildman–Crippen MR) is 63.5 cm³/mol. The van der Waals surface area contributed by atoms with Gasteiger partial charge in [-0.25, -0.2) is 9.69 Å². The van der Waals surface area contributed by atoms with Crippen molar-refractivity contribution in [1.82, 2.24) is 15.1 Å². The van der Waals surface area contributed by atoms with E-state index in [1.165, 1.54) is 11.2 Å². The standard InChI is InChI=1S/C7H9ClN4O3S2/c1-17(15)6-10-9-5(16-6)12-4(13)2-11(3-8)7(12)14/h4,13H,2-3H2,1H3. The van der Waals surface area contributed by atoms with Gasteiger partial charge in [-0.05, 0) is 11.3 Å². The molecule has 0 bridgehead atoms. The zero-order chi connectivity index (χ0) is 12.6. The number of urea groups is 1. The summed E-state index contributed by atoms with van der Waals surface area (Å²) >= 11 is 5.32. The zero-order valence-electron chi connectivity index (χ0n) is 8.74. The highest BCUT2D eigenvalue weighted by Crippen LogP contribution is 2.28. The molecule has 1 aliphatic rings. The van der Waals surface area contributed by atoms with Crippen molar-refractivity contribution in [3.8, 4) is 0 Å². The number of hydrogen-bond acceptors (Lipinski definition) is 6. The highest BCUT2D eigenvalue weighted by Gasteiger charge is 2.39. The van der Waals surface area contributed by atoms with Crippen LogP contribution in [0.2, 0.25) is 0 Å². The van der Waals surface area contributed by atoms with Gasteiger partial charge < -0.3 is 14.6 Å².